The molecule has 0 atom stereocenters. The van der Waals surface area contributed by atoms with Crippen molar-refractivity contribution in [1.29, 1.82) is 0 Å². The fourth-order valence-electron chi connectivity index (χ4n) is 2.93. The van der Waals surface area contributed by atoms with Crippen LogP contribution in [-0.2, 0) is 11.0 Å². The number of hydrogen-bond acceptors (Lipinski definition) is 3. The Balaban J connectivity index is 1.74. The normalized spacial score (nSPS) is 11.4. The maximum Gasteiger partial charge on any atom is 0.416 e. The number of carbonyl (C=O) groups is 2. The predicted molar refractivity (Wildman–Crippen MR) is 117 cm³/mol. The fourth-order valence-corrected chi connectivity index (χ4v) is 2.93. The molecule has 3 rings (SSSR count). The number of nitrogens with one attached hydrogen (secondary N) is 2. The van der Waals surface area contributed by atoms with E-state index in [9.17, 15) is 22.8 Å². The van der Waals surface area contributed by atoms with Gasteiger partial charge in [0.2, 0.25) is 5.91 Å². The second-order valence-electron chi connectivity index (χ2n) is 7.12. The zero-order chi connectivity index (χ0) is 23.3. The van der Waals surface area contributed by atoms with Gasteiger partial charge in [-0.1, -0.05) is 18.2 Å². The molecular weight excluding hydrogens is 419 g/mol. The zero-order valence-corrected chi connectivity index (χ0v) is 17.3. The number of rotatable bonds is 5. The number of alkyl halides is 3. The van der Waals surface area contributed by atoms with Gasteiger partial charge in [-0.05, 0) is 66.9 Å². The topological polar surface area (TPSA) is 71.1 Å². The highest BCUT2D eigenvalue weighted by Crippen LogP contribution is 2.32. The summed E-state index contributed by atoms with van der Waals surface area (Å²) in [6.45, 7) is 3.11. The van der Waals surface area contributed by atoms with Crippen LogP contribution in [-0.4, -0.2) is 16.8 Å². The monoisotopic (exact) mass is 439 g/mol. The largest absolute Gasteiger partial charge is 0.416 e. The SMILES string of the molecule is Cc1ccc(NC(=O)c2ccc(C)c(C(F)(F)F)c2)cc1NC(=O)C=Cc1cccnc1. The fraction of sp³-hybridized carbons (Fsp3) is 0.125. The van der Waals surface area contributed by atoms with E-state index in [4.69, 9.17) is 0 Å². The predicted octanol–water partition coefficient (Wildman–Crippen LogP) is 5.62. The maximum atomic E-state index is 13.1. The first-order chi connectivity index (χ1) is 15.1. The molecular formula is C24H20F3N3O2. The number of benzene rings is 2. The van der Waals surface area contributed by atoms with Crippen LogP contribution in [0.15, 0.2) is 67.0 Å². The van der Waals surface area contributed by atoms with E-state index in [0.717, 1.165) is 17.2 Å². The molecule has 3 aromatic rings. The molecule has 8 heteroatoms. The second kappa shape index (κ2) is 9.47. The van der Waals surface area contributed by atoms with Crippen molar-refractivity contribution in [1.82, 2.24) is 4.98 Å². The van der Waals surface area contributed by atoms with E-state index in [1.165, 1.54) is 25.1 Å². The summed E-state index contributed by atoms with van der Waals surface area (Å²) < 4.78 is 39.4. The summed E-state index contributed by atoms with van der Waals surface area (Å²) in [5.74, 6) is -1.07. The lowest BCUT2D eigenvalue weighted by Crippen LogP contribution is -2.15. The summed E-state index contributed by atoms with van der Waals surface area (Å²) in [6, 6.07) is 11.8. The molecule has 2 aromatic carbocycles. The molecule has 0 bridgehead atoms. The lowest BCUT2D eigenvalue weighted by atomic mass is 10.0. The first-order valence-corrected chi connectivity index (χ1v) is 9.62. The van der Waals surface area contributed by atoms with Crippen LogP contribution in [0.5, 0.6) is 0 Å². The van der Waals surface area contributed by atoms with Crippen molar-refractivity contribution < 1.29 is 22.8 Å². The molecule has 2 N–H and O–H groups in total. The van der Waals surface area contributed by atoms with Crippen molar-refractivity contribution in [2.45, 2.75) is 20.0 Å². The molecule has 0 spiro atoms. The molecule has 32 heavy (non-hydrogen) atoms. The molecule has 0 aliphatic rings. The summed E-state index contributed by atoms with van der Waals surface area (Å²) in [5, 5.41) is 5.30. The molecule has 2 amide bonds. The lowest BCUT2D eigenvalue weighted by Gasteiger charge is -2.13. The standard InChI is InChI=1S/C24H20F3N3O2/c1-15-5-8-18(12-20(15)24(25,26)27)23(32)29-19-9-6-16(2)21(13-19)30-22(31)10-7-17-4-3-11-28-14-17/h3-14H,1-2H3,(H,29,32)(H,30,31). The van der Waals surface area contributed by atoms with E-state index in [1.807, 2.05) is 0 Å². The van der Waals surface area contributed by atoms with E-state index >= 15 is 0 Å². The number of amides is 2. The third-order valence-electron chi connectivity index (χ3n) is 4.67. The lowest BCUT2D eigenvalue weighted by molar-refractivity contribution is -0.138. The van der Waals surface area contributed by atoms with Gasteiger partial charge in [0.15, 0.2) is 0 Å². The van der Waals surface area contributed by atoms with Crippen LogP contribution in [0.2, 0.25) is 0 Å². The summed E-state index contributed by atoms with van der Waals surface area (Å²) in [4.78, 5) is 28.7. The third-order valence-corrected chi connectivity index (χ3v) is 4.67. The molecule has 1 aromatic heterocycles. The Hall–Kier alpha value is -3.94. The van der Waals surface area contributed by atoms with Crippen molar-refractivity contribution >= 4 is 29.3 Å². The van der Waals surface area contributed by atoms with E-state index in [2.05, 4.69) is 15.6 Å². The quantitative estimate of drug-likeness (QED) is 0.507. The molecule has 164 valence electrons. The molecule has 0 saturated heterocycles. The van der Waals surface area contributed by atoms with Crippen LogP contribution in [0.4, 0.5) is 24.5 Å². The summed E-state index contributed by atoms with van der Waals surface area (Å²) in [7, 11) is 0. The Labute approximate surface area is 183 Å². The van der Waals surface area contributed by atoms with Crippen LogP contribution in [0.25, 0.3) is 6.08 Å². The zero-order valence-electron chi connectivity index (χ0n) is 17.3. The molecule has 0 fully saturated rings. The Bertz CT molecular complexity index is 1170. The van der Waals surface area contributed by atoms with Crippen LogP contribution in [0.1, 0.15) is 32.6 Å². The third kappa shape index (κ3) is 5.81. The van der Waals surface area contributed by atoms with Gasteiger partial charge in [0.25, 0.3) is 5.91 Å². The number of aryl methyl sites for hydroxylation is 2. The molecule has 0 radical (unpaired) electrons. The number of halogens is 3. The minimum absolute atomic E-state index is 0.0359. The van der Waals surface area contributed by atoms with Gasteiger partial charge in [0.05, 0.1) is 5.56 Å². The number of pyridine rings is 1. The highest BCUT2D eigenvalue weighted by Gasteiger charge is 2.33. The van der Waals surface area contributed by atoms with Gasteiger partial charge in [-0.15, -0.1) is 0 Å². The minimum Gasteiger partial charge on any atom is -0.322 e. The van der Waals surface area contributed by atoms with Crippen LogP contribution in [0, 0.1) is 13.8 Å². The van der Waals surface area contributed by atoms with Crippen molar-refractivity contribution in [3.8, 4) is 0 Å². The van der Waals surface area contributed by atoms with Crippen molar-refractivity contribution in [2.75, 3.05) is 10.6 Å². The number of carbonyl (C=O) groups excluding carboxylic acids is 2. The van der Waals surface area contributed by atoms with E-state index < -0.39 is 17.6 Å². The summed E-state index contributed by atoms with van der Waals surface area (Å²) in [5.41, 5.74) is 1.37. The van der Waals surface area contributed by atoms with Gasteiger partial charge in [0, 0.05) is 35.4 Å². The molecule has 0 unspecified atom stereocenters. The minimum atomic E-state index is -4.55. The second-order valence-corrected chi connectivity index (χ2v) is 7.12. The van der Waals surface area contributed by atoms with Gasteiger partial charge in [-0.25, -0.2) is 0 Å². The summed E-state index contributed by atoms with van der Waals surface area (Å²) in [6.07, 6.45) is 1.65. The number of anilines is 2. The van der Waals surface area contributed by atoms with Crippen molar-refractivity contribution in [3.05, 3.63) is 94.8 Å². The van der Waals surface area contributed by atoms with Gasteiger partial charge in [-0.3, -0.25) is 14.6 Å². The number of hydrogen-bond donors (Lipinski definition) is 2. The number of aromatic nitrogens is 1. The molecule has 0 saturated carbocycles. The first kappa shape index (κ1) is 22.7. The van der Waals surface area contributed by atoms with Crippen molar-refractivity contribution in [3.63, 3.8) is 0 Å². The smallest absolute Gasteiger partial charge is 0.322 e. The maximum absolute atomic E-state index is 13.1. The van der Waals surface area contributed by atoms with Crippen LogP contribution in [0.3, 0.4) is 0 Å². The highest BCUT2D eigenvalue weighted by molar-refractivity contribution is 6.06. The van der Waals surface area contributed by atoms with Crippen LogP contribution < -0.4 is 10.6 Å². The average Bonchev–Trinajstić information content (AvgIpc) is 2.75. The Morgan fingerprint density at radius 2 is 1.72 bits per heavy atom. The Kier molecular flexibility index (Phi) is 6.73. The Morgan fingerprint density at radius 3 is 2.41 bits per heavy atom. The summed E-state index contributed by atoms with van der Waals surface area (Å²) >= 11 is 0. The molecule has 0 aliphatic carbocycles. The van der Waals surface area contributed by atoms with Gasteiger partial charge >= 0.3 is 6.18 Å². The van der Waals surface area contributed by atoms with Crippen LogP contribution >= 0.6 is 0 Å². The molecule has 0 aliphatic heterocycles. The Morgan fingerprint density at radius 1 is 0.969 bits per heavy atom. The van der Waals surface area contributed by atoms with E-state index in [-0.39, 0.29) is 17.0 Å². The first-order valence-electron chi connectivity index (χ1n) is 9.62. The van der Waals surface area contributed by atoms with Crippen molar-refractivity contribution in [2.24, 2.45) is 0 Å². The average molecular weight is 439 g/mol. The van der Waals surface area contributed by atoms with Gasteiger partial charge in [0.1, 0.15) is 0 Å². The highest BCUT2D eigenvalue weighted by atomic mass is 19.4. The molecule has 5 nitrogen and oxygen atoms in total. The van der Waals surface area contributed by atoms with E-state index in [0.29, 0.717) is 11.4 Å². The number of nitrogens with zero attached hydrogens (tertiary/aromatic N) is 1. The molecule has 1 heterocycles. The van der Waals surface area contributed by atoms with E-state index in [1.54, 1.807) is 55.7 Å². The van der Waals surface area contributed by atoms with Gasteiger partial charge < -0.3 is 10.6 Å². The van der Waals surface area contributed by atoms with Gasteiger partial charge in [-0.2, -0.15) is 13.2 Å².